The quantitative estimate of drug-likeness (QED) is 0.688. The molecule has 0 saturated carbocycles. The minimum atomic E-state index is -0.698. The van der Waals surface area contributed by atoms with Gasteiger partial charge in [-0.25, -0.2) is 4.98 Å². The lowest BCUT2D eigenvalue weighted by molar-refractivity contribution is -0.142. The summed E-state index contributed by atoms with van der Waals surface area (Å²) in [7, 11) is 1.95. The molecule has 0 bridgehead atoms. The molecule has 1 aromatic rings. The van der Waals surface area contributed by atoms with Crippen LogP contribution in [0.4, 0.5) is 0 Å². The number of carboxylic acid groups (broad SMARTS) is 1. The molecule has 1 aliphatic carbocycles. The zero-order valence-electron chi connectivity index (χ0n) is 7.53. The Kier molecular flexibility index (Phi) is 1.83. The van der Waals surface area contributed by atoms with Gasteiger partial charge in [-0.15, -0.1) is 0 Å². The maximum absolute atomic E-state index is 10.7. The number of aliphatic carboxylic acids is 1. The molecular weight excluding hydrogens is 168 g/mol. The van der Waals surface area contributed by atoms with Crippen molar-refractivity contribution in [3.63, 3.8) is 0 Å². The molecular formula is C9H12N2O2. The Bertz CT molecular complexity index is 343. The molecule has 70 valence electrons. The number of carboxylic acids is 1. The van der Waals surface area contributed by atoms with E-state index in [1.165, 1.54) is 5.69 Å². The van der Waals surface area contributed by atoms with Crippen molar-refractivity contribution in [2.24, 2.45) is 13.0 Å². The molecule has 4 nitrogen and oxygen atoms in total. The highest BCUT2D eigenvalue weighted by molar-refractivity contribution is 5.70. The SMILES string of the molecule is Cn1cnc2c1CCC(C(=O)O)C2. The summed E-state index contributed by atoms with van der Waals surface area (Å²) in [6.07, 6.45) is 3.92. The van der Waals surface area contributed by atoms with E-state index in [2.05, 4.69) is 4.98 Å². The van der Waals surface area contributed by atoms with Crippen LogP contribution in [-0.4, -0.2) is 20.6 Å². The fourth-order valence-corrected chi connectivity index (χ4v) is 1.85. The van der Waals surface area contributed by atoms with Crippen molar-refractivity contribution >= 4 is 5.97 Å². The Balaban J connectivity index is 2.25. The summed E-state index contributed by atoms with van der Waals surface area (Å²) in [4.78, 5) is 14.9. The highest BCUT2D eigenvalue weighted by atomic mass is 16.4. The lowest BCUT2D eigenvalue weighted by Gasteiger charge is -2.18. The van der Waals surface area contributed by atoms with Gasteiger partial charge in [0.15, 0.2) is 0 Å². The number of nitrogens with zero attached hydrogens (tertiary/aromatic N) is 2. The monoisotopic (exact) mass is 180 g/mol. The minimum absolute atomic E-state index is 0.234. The molecule has 1 aliphatic rings. The van der Waals surface area contributed by atoms with Gasteiger partial charge in [-0.1, -0.05) is 0 Å². The van der Waals surface area contributed by atoms with Crippen LogP contribution >= 0.6 is 0 Å². The molecule has 2 rings (SSSR count). The number of fused-ring (bicyclic) bond motifs is 1. The molecule has 4 heteroatoms. The molecule has 0 spiro atoms. The van der Waals surface area contributed by atoms with E-state index in [1.807, 2.05) is 11.6 Å². The van der Waals surface area contributed by atoms with Crippen molar-refractivity contribution in [2.75, 3.05) is 0 Å². The molecule has 13 heavy (non-hydrogen) atoms. The molecule has 1 unspecified atom stereocenters. The fourth-order valence-electron chi connectivity index (χ4n) is 1.85. The van der Waals surface area contributed by atoms with Crippen LogP contribution in [0.3, 0.4) is 0 Å². The molecule has 0 radical (unpaired) electrons. The van der Waals surface area contributed by atoms with E-state index in [9.17, 15) is 4.79 Å². The van der Waals surface area contributed by atoms with Crippen LogP contribution in [0.5, 0.6) is 0 Å². The summed E-state index contributed by atoms with van der Waals surface area (Å²) in [6.45, 7) is 0. The van der Waals surface area contributed by atoms with E-state index in [-0.39, 0.29) is 5.92 Å². The first-order chi connectivity index (χ1) is 6.18. The zero-order chi connectivity index (χ0) is 9.42. The van der Waals surface area contributed by atoms with Crippen LogP contribution in [-0.2, 0) is 24.7 Å². The molecule has 0 amide bonds. The summed E-state index contributed by atoms with van der Waals surface area (Å²) in [5.41, 5.74) is 2.15. The lowest BCUT2D eigenvalue weighted by Crippen LogP contribution is -2.22. The largest absolute Gasteiger partial charge is 0.481 e. The van der Waals surface area contributed by atoms with Gasteiger partial charge in [0, 0.05) is 19.2 Å². The smallest absolute Gasteiger partial charge is 0.306 e. The molecule has 1 aromatic heterocycles. The second-order valence-corrected chi connectivity index (χ2v) is 3.53. The van der Waals surface area contributed by atoms with E-state index in [4.69, 9.17) is 5.11 Å². The van der Waals surface area contributed by atoms with Gasteiger partial charge in [0.2, 0.25) is 0 Å². The summed E-state index contributed by atoms with van der Waals surface area (Å²) in [6, 6.07) is 0. The Labute approximate surface area is 76.2 Å². The maximum Gasteiger partial charge on any atom is 0.306 e. The zero-order valence-corrected chi connectivity index (χ0v) is 7.53. The van der Waals surface area contributed by atoms with Crippen molar-refractivity contribution in [3.8, 4) is 0 Å². The lowest BCUT2D eigenvalue weighted by atomic mass is 9.90. The predicted octanol–water partition coefficient (Wildman–Crippen LogP) is 0.610. The standard InChI is InChI=1S/C9H12N2O2/c1-11-5-10-7-4-6(9(12)13)2-3-8(7)11/h5-6H,2-4H2,1H3,(H,12,13). The summed E-state index contributed by atoms with van der Waals surface area (Å²) < 4.78 is 1.98. The first kappa shape index (κ1) is 8.29. The molecule has 0 aliphatic heterocycles. The average Bonchev–Trinajstić information content (AvgIpc) is 2.47. The van der Waals surface area contributed by atoms with Crippen LogP contribution in [0.15, 0.2) is 6.33 Å². The van der Waals surface area contributed by atoms with E-state index in [1.54, 1.807) is 6.33 Å². The predicted molar refractivity (Wildman–Crippen MR) is 46.4 cm³/mol. The van der Waals surface area contributed by atoms with Crippen molar-refractivity contribution in [1.82, 2.24) is 9.55 Å². The van der Waals surface area contributed by atoms with Gasteiger partial charge in [-0.3, -0.25) is 4.79 Å². The minimum Gasteiger partial charge on any atom is -0.481 e. The van der Waals surface area contributed by atoms with Gasteiger partial charge >= 0.3 is 5.97 Å². The molecule has 1 atom stereocenters. The number of carbonyl (C=O) groups is 1. The number of hydrogen-bond donors (Lipinski definition) is 1. The van der Waals surface area contributed by atoms with Gasteiger partial charge in [0.25, 0.3) is 0 Å². The van der Waals surface area contributed by atoms with Crippen LogP contribution in [0.25, 0.3) is 0 Å². The van der Waals surface area contributed by atoms with Gasteiger partial charge in [-0.05, 0) is 12.8 Å². The van der Waals surface area contributed by atoms with Gasteiger partial charge in [0.1, 0.15) is 0 Å². The van der Waals surface area contributed by atoms with Crippen LogP contribution in [0.1, 0.15) is 17.8 Å². The van der Waals surface area contributed by atoms with Crippen LogP contribution in [0, 0.1) is 5.92 Å². The second kappa shape index (κ2) is 2.87. The van der Waals surface area contributed by atoms with Crippen LogP contribution < -0.4 is 0 Å². The average molecular weight is 180 g/mol. The Morgan fingerprint density at radius 3 is 3.23 bits per heavy atom. The first-order valence-corrected chi connectivity index (χ1v) is 4.40. The molecule has 0 saturated heterocycles. The normalized spacial score (nSPS) is 21.2. The third-order valence-electron chi connectivity index (χ3n) is 2.66. The molecule has 0 fully saturated rings. The van der Waals surface area contributed by atoms with E-state index in [0.717, 1.165) is 18.5 Å². The first-order valence-electron chi connectivity index (χ1n) is 4.40. The number of hydrogen-bond acceptors (Lipinski definition) is 2. The summed E-state index contributed by atoms with van der Waals surface area (Å²) in [5.74, 6) is -0.932. The number of aromatic nitrogens is 2. The van der Waals surface area contributed by atoms with Crippen molar-refractivity contribution < 1.29 is 9.90 Å². The molecule has 0 aromatic carbocycles. The van der Waals surface area contributed by atoms with Gasteiger partial charge in [0.05, 0.1) is 17.9 Å². The number of imidazole rings is 1. The Hall–Kier alpha value is -1.32. The van der Waals surface area contributed by atoms with Gasteiger partial charge < -0.3 is 9.67 Å². The summed E-state index contributed by atoms with van der Waals surface area (Å²) in [5, 5.41) is 8.84. The topological polar surface area (TPSA) is 55.1 Å². The maximum atomic E-state index is 10.7. The number of aryl methyl sites for hydroxylation is 1. The van der Waals surface area contributed by atoms with Crippen molar-refractivity contribution in [3.05, 3.63) is 17.7 Å². The Morgan fingerprint density at radius 2 is 2.54 bits per heavy atom. The highest BCUT2D eigenvalue weighted by Gasteiger charge is 2.26. The molecule has 1 N–H and O–H groups in total. The van der Waals surface area contributed by atoms with E-state index < -0.39 is 5.97 Å². The second-order valence-electron chi connectivity index (χ2n) is 3.53. The Morgan fingerprint density at radius 1 is 1.77 bits per heavy atom. The van der Waals surface area contributed by atoms with Crippen molar-refractivity contribution in [1.29, 1.82) is 0 Å². The molecule has 1 heterocycles. The van der Waals surface area contributed by atoms with E-state index >= 15 is 0 Å². The highest BCUT2D eigenvalue weighted by Crippen LogP contribution is 2.23. The van der Waals surface area contributed by atoms with Crippen molar-refractivity contribution in [2.45, 2.75) is 19.3 Å². The third-order valence-corrected chi connectivity index (χ3v) is 2.66. The fraction of sp³-hybridized carbons (Fsp3) is 0.556. The van der Waals surface area contributed by atoms with E-state index in [0.29, 0.717) is 6.42 Å². The summed E-state index contributed by atoms with van der Waals surface area (Å²) >= 11 is 0. The third kappa shape index (κ3) is 1.32. The number of rotatable bonds is 1. The van der Waals surface area contributed by atoms with Gasteiger partial charge in [-0.2, -0.15) is 0 Å². The van der Waals surface area contributed by atoms with Crippen LogP contribution in [0.2, 0.25) is 0 Å².